The first-order chi connectivity index (χ1) is 13.6. The fourth-order valence-electron chi connectivity index (χ4n) is 2.66. The minimum atomic E-state index is -3.72. The van der Waals surface area contributed by atoms with Gasteiger partial charge in [0.2, 0.25) is 15.9 Å². The van der Waals surface area contributed by atoms with Gasteiger partial charge in [-0.3, -0.25) is 4.79 Å². The Bertz CT molecular complexity index is 1180. The number of anilines is 1. The number of aromatic nitrogens is 2. The van der Waals surface area contributed by atoms with E-state index < -0.39 is 15.3 Å². The number of carbonyl (C=O) groups excluding carboxylic acids is 1. The highest BCUT2D eigenvalue weighted by molar-refractivity contribution is 8.00. The zero-order valence-electron chi connectivity index (χ0n) is 16.4. The average Bonchev–Trinajstić information content (AvgIpc) is 2.98. The van der Waals surface area contributed by atoms with Gasteiger partial charge in [-0.15, -0.1) is 0 Å². The first-order valence-corrected chi connectivity index (χ1v) is 11.4. The number of hydrogen-bond donors (Lipinski definition) is 1. The van der Waals surface area contributed by atoms with Crippen LogP contribution in [0.1, 0.15) is 6.92 Å². The number of benzene rings is 2. The van der Waals surface area contributed by atoms with Crippen molar-refractivity contribution in [3.8, 4) is 0 Å². The van der Waals surface area contributed by atoms with Gasteiger partial charge in [-0.2, -0.15) is 0 Å². The van der Waals surface area contributed by atoms with Crippen LogP contribution in [0.15, 0.2) is 52.5 Å². The maximum atomic E-state index is 12.7. The van der Waals surface area contributed by atoms with Gasteiger partial charge in [0.05, 0.1) is 21.3 Å². The van der Waals surface area contributed by atoms with Gasteiger partial charge in [0, 0.05) is 26.8 Å². The first-order valence-electron chi connectivity index (χ1n) is 8.72. The van der Waals surface area contributed by atoms with E-state index >= 15 is 0 Å². The van der Waals surface area contributed by atoms with Crippen LogP contribution in [0.2, 0.25) is 5.02 Å². The van der Waals surface area contributed by atoms with Crippen LogP contribution in [-0.2, 0) is 21.9 Å². The number of aryl methyl sites for hydroxylation is 1. The monoisotopic (exact) mass is 452 g/mol. The number of hydrogen-bond acceptors (Lipinski definition) is 5. The van der Waals surface area contributed by atoms with Crippen LogP contribution in [-0.4, -0.2) is 47.5 Å². The molecule has 3 aromatic rings. The molecule has 0 radical (unpaired) electrons. The molecule has 2 aromatic carbocycles. The number of carbonyl (C=O) groups is 1. The first kappa shape index (κ1) is 21.6. The Kier molecular flexibility index (Phi) is 6.23. The Labute approximate surface area is 179 Å². The van der Waals surface area contributed by atoms with Gasteiger partial charge < -0.3 is 9.88 Å². The third-order valence-electron chi connectivity index (χ3n) is 4.35. The molecule has 1 atom stereocenters. The molecule has 0 aliphatic carbocycles. The van der Waals surface area contributed by atoms with Crippen LogP contribution in [0.3, 0.4) is 0 Å². The standard InChI is InChI=1S/C19H21ClN4O3S2/c1-12(28-19-22-15-7-5-6-8-16(15)24(19)4)18(25)21-13-9-10-14(20)17(11-13)29(26,27)23(2)3/h5-12H,1-4H3,(H,21,25). The van der Waals surface area contributed by atoms with E-state index in [9.17, 15) is 13.2 Å². The highest BCUT2D eigenvalue weighted by Gasteiger charge is 2.23. The molecule has 0 bridgehead atoms. The molecule has 1 unspecified atom stereocenters. The summed E-state index contributed by atoms with van der Waals surface area (Å²) < 4.78 is 27.8. The van der Waals surface area contributed by atoms with E-state index in [2.05, 4.69) is 10.3 Å². The van der Waals surface area contributed by atoms with Crippen molar-refractivity contribution in [1.82, 2.24) is 13.9 Å². The summed E-state index contributed by atoms with van der Waals surface area (Å²) in [6.45, 7) is 1.77. The molecule has 0 fully saturated rings. The van der Waals surface area contributed by atoms with Crippen LogP contribution < -0.4 is 5.32 Å². The van der Waals surface area contributed by atoms with E-state index in [0.29, 0.717) is 5.69 Å². The summed E-state index contributed by atoms with van der Waals surface area (Å²) in [5.41, 5.74) is 2.21. The van der Waals surface area contributed by atoms with E-state index in [1.54, 1.807) is 13.0 Å². The lowest BCUT2D eigenvalue weighted by molar-refractivity contribution is -0.115. The molecule has 0 aliphatic rings. The lowest BCUT2D eigenvalue weighted by atomic mass is 10.3. The quantitative estimate of drug-likeness (QED) is 0.577. The van der Waals surface area contributed by atoms with Crippen molar-refractivity contribution in [3.05, 3.63) is 47.5 Å². The molecule has 29 heavy (non-hydrogen) atoms. The maximum Gasteiger partial charge on any atom is 0.244 e. The van der Waals surface area contributed by atoms with Gasteiger partial charge >= 0.3 is 0 Å². The summed E-state index contributed by atoms with van der Waals surface area (Å²) >= 11 is 7.38. The summed E-state index contributed by atoms with van der Waals surface area (Å²) in [6, 6.07) is 12.1. The molecular formula is C19H21ClN4O3S2. The van der Waals surface area contributed by atoms with Crippen molar-refractivity contribution in [2.24, 2.45) is 7.05 Å². The minimum Gasteiger partial charge on any atom is -0.325 e. The smallest absolute Gasteiger partial charge is 0.244 e. The number of nitrogens with zero attached hydrogens (tertiary/aromatic N) is 3. The summed E-state index contributed by atoms with van der Waals surface area (Å²) in [6.07, 6.45) is 0. The number of amides is 1. The van der Waals surface area contributed by atoms with Gasteiger partial charge in [-0.05, 0) is 37.3 Å². The van der Waals surface area contributed by atoms with E-state index in [-0.39, 0.29) is 15.8 Å². The van der Waals surface area contributed by atoms with E-state index in [4.69, 9.17) is 11.6 Å². The number of thioether (sulfide) groups is 1. The van der Waals surface area contributed by atoms with Crippen LogP contribution in [0, 0.1) is 0 Å². The van der Waals surface area contributed by atoms with Gasteiger partial charge in [-0.1, -0.05) is 35.5 Å². The molecule has 7 nitrogen and oxygen atoms in total. The summed E-state index contributed by atoms with van der Waals surface area (Å²) in [5, 5.41) is 3.13. The summed E-state index contributed by atoms with van der Waals surface area (Å²) in [4.78, 5) is 17.2. The van der Waals surface area contributed by atoms with Crippen LogP contribution in [0.4, 0.5) is 5.69 Å². The van der Waals surface area contributed by atoms with E-state index in [1.165, 1.54) is 38.0 Å². The fourth-order valence-corrected chi connectivity index (χ4v) is 4.94. The van der Waals surface area contributed by atoms with Gasteiger partial charge in [0.1, 0.15) is 4.90 Å². The third kappa shape index (κ3) is 4.42. The summed E-state index contributed by atoms with van der Waals surface area (Å²) in [5.74, 6) is -0.266. The molecule has 0 spiro atoms. The molecule has 0 aliphatic heterocycles. The Hall–Kier alpha value is -2.07. The number of rotatable bonds is 6. The van der Waals surface area contributed by atoms with E-state index in [1.807, 2.05) is 35.9 Å². The second kappa shape index (κ2) is 8.35. The van der Waals surface area contributed by atoms with Gasteiger partial charge in [0.25, 0.3) is 0 Å². The molecule has 3 rings (SSSR count). The third-order valence-corrected chi connectivity index (χ3v) is 7.80. The van der Waals surface area contributed by atoms with Crippen molar-refractivity contribution >= 4 is 56.0 Å². The number of para-hydroxylation sites is 2. The number of imidazole rings is 1. The molecule has 1 amide bonds. The molecule has 1 heterocycles. The highest BCUT2D eigenvalue weighted by Crippen LogP contribution is 2.29. The second-order valence-electron chi connectivity index (χ2n) is 6.62. The SMILES string of the molecule is CC(Sc1nc2ccccc2n1C)C(=O)Nc1ccc(Cl)c(S(=O)(=O)N(C)C)c1. The molecule has 0 saturated heterocycles. The Morgan fingerprint density at radius 1 is 1.24 bits per heavy atom. The number of fused-ring (bicyclic) bond motifs is 1. The molecule has 154 valence electrons. The predicted octanol–water partition coefficient (Wildman–Crippen LogP) is 3.60. The van der Waals surface area contributed by atoms with Gasteiger partial charge in [0.15, 0.2) is 5.16 Å². The average molecular weight is 453 g/mol. The molecule has 1 N–H and O–H groups in total. The topological polar surface area (TPSA) is 84.3 Å². The molecular weight excluding hydrogens is 432 g/mol. The molecule has 0 saturated carbocycles. The van der Waals surface area contributed by atoms with Crippen molar-refractivity contribution in [1.29, 1.82) is 0 Å². The van der Waals surface area contributed by atoms with Crippen molar-refractivity contribution in [2.45, 2.75) is 22.2 Å². The summed E-state index contributed by atoms with van der Waals surface area (Å²) in [7, 11) is 1.03. The maximum absolute atomic E-state index is 12.7. The van der Waals surface area contributed by atoms with Gasteiger partial charge in [-0.25, -0.2) is 17.7 Å². The van der Waals surface area contributed by atoms with E-state index in [0.717, 1.165) is 20.5 Å². The number of nitrogens with one attached hydrogen (secondary N) is 1. The van der Waals surface area contributed by atoms with Crippen molar-refractivity contribution < 1.29 is 13.2 Å². The zero-order chi connectivity index (χ0) is 21.3. The number of sulfonamides is 1. The second-order valence-corrected chi connectivity index (χ2v) is 10.5. The lowest BCUT2D eigenvalue weighted by Crippen LogP contribution is -2.24. The van der Waals surface area contributed by atoms with Crippen molar-refractivity contribution in [2.75, 3.05) is 19.4 Å². The largest absolute Gasteiger partial charge is 0.325 e. The van der Waals surface area contributed by atoms with Crippen LogP contribution in [0.25, 0.3) is 11.0 Å². The van der Waals surface area contributed by atoms with Crippen LogP contribution >= 0.6 is 23.4 Å². The lowest BCUT2D eigenvalue weighted by Gasteiger charge is -2.15. The predicted molar refractivity (Wildman–Crippen MR) is 117 cm³/mol. The Balaban J connectivity index is 1.78. The normalized spacial score (nSPS) is 13.0. The highest BCUT2D eigenvalue weighted by atomic mass is 35.5. The van der Waals surface area contributed by atoms with Crippen LogP contribution in [0.5, 0.6) is 0 Å². The molecule has 1 aromatic heterocycles. The fraction of sp³-hybridized carbons (Fsp3) is 0.263. The minimum absolute atomic E-state index is 0.0578. The zero-order valence-corrected chi connectivity index (χ0v) is 18.8. The molecule has 10 heteroatoms. The Morgan fingerprint density at radius 3 is 2.59 bits per heavy atom. The van der Waals surface area contributed by atoms with Crippen molar-refractivity contribution in [3.63, 3.8) is 0 Å². The Morgan fingerprint density at radius 2 is 1.93 bits per heavy atom. The number of halogens is 1.